The Morgan fingerprint density at radius 1 is 1.15 bits per heavy atom. The Morgan fingerprint density at radius 3 is 2.20 bits per heavy atom. The number of rotatable bonds is 4. The molecule has 0 fully saturated rings. The van der Waals surface area contributed by atoms with Gasteiger partial charge >= 0.3 is 0 Å². The van der Waals surface area contributed by atoms with Gasteiger partial charge in [0, 0.05) is 22.4 Å². The number of hydrogen-bond acceptors (Lipinski definition) is 2. The average molecular weight is 329 g/mol. The quantitative estimate of drug-likeness (QED) is 0.764. The van der Waals surface area contributed by atoms with E-state index in [4.69, 9.17) is 34.8 Å². The molecule has 1 heterocycles. The molecule has 2 nitrogen and oxygen atoms in total. The summed E-state index contributed by atoms with van der Waals surface area (Å²) in [7, 11) is 0. The number of hydrogen-bond donors (Lipinski definition) is 0. The number of carbonyl (C=O) groups is 1. The second kappa shape index (κ2) is 6.13. The van der Waals surface area contributed by atoms with Crippen molar-refractivity contribution in [1.29, 1.82) is 0 Å². The monoisotopic (exact) mass is 327 g/mol. The molecule has 1 atom stereocenters. The van der Waals surface area contributed by atoms with E-state index in [9.17, 15) is 4.79 Å². The smallest absolute Gasteiger partial charge is 0.232 e. The van der Waals surface area contributed by atoms with Crippen LogP contribution in [0.4, 0.5) is 0 Å². The molecule has 104 valence electrons. The third-order valence-corrected chi connectivity index (χ3v) is 4.09. The van der Waals surface area contributed by atoms with Crippen molar-refractivity contribution in [2.75, 3.05) is 0 Å². The van der Waals surface area contributed by atoms with Crippen LogP contribution in [0.25, 0.3) is 0 Å². The summed E-state index contributed by atoms with van der Waals surface area (Å²) in [5, 5.41) is 0.505. The number of pyridine rings is 1. The maximum atomic E-state index is 12.0. The van der Waals surface area contributed by atoms with E-state index in [0.29, 0.717) is 22.0 Å². The van der Waals surface area contributed by atoms with Gasteiger partial charge in [0.2, 0.25) is 5.24 Å². The summed E-state index contributed by atoms with van der Waals surface area (Å²) < 4.78 is 0. The molecule has 0 radical (unpaired) electrons. The summed E-state index contributed by atoms with van der Waals surface area (Å²) in [4.78, 5) is 15.9. The Labute approximate surface area is 132 Å². The number of aromatic nitrogens is 1. The highest BCUT2D eigenvalue weighted by Crippen LogP contribution is 2.34. The first-order valence-electron chi connectivity index (χ1n) is 5.97. The van der Waals surface area contributed by atoms with Crippen molar-refractivity contribution in [3.63, 3.8) is 0 Å². The van der Waals surface area contributed by atoms with Crippen molar-refractivity contribution in [3.8, 4) is 0 Å². The summed E-state index contributed by atoms with van der Waals surface area (Å²) >= 11 is 17.9. The molecule has 0 aliphatic heterocycles. The predicted octanol–water partition coefficient (Wildman–Crippen LogP) is 4.65. The Hall–Kier alpha value is -1.09. The van der Waals surface area contributed by atoms with Gasteiger partial charge < -0.3 is 0 Å². The fourth-order valence-corrected chi connectivity index (χ4v) is 2.77. The van der Waals surface area contributed by atoms with Crippen LogP contribution < -0.4 is 0 Å². The van der Waals surface area contributed by atoms with Crippen molar-refractivity contribution in [2.24, 2.45) is 0 Å². The predicted molar refractivity (Wildman–Crippen MR) is 82.6 cm³/mol. The summed E-state index contributed by atoms with van der Waals surface area (Å²) in [6, 6.07) is 8.76. The van der Waals surface area contributed by atoms with E-state index in [2.05, 4.69) is 4.98 Å². The maximum absolute atomic E-state index is 12.0. The highest BCUT2D eigenvalue weighted by Gasteiger charge is 2.34. The SMILES string of the molecule is CC(Cc1ccncc1)(C(=O)Cl)c1cc(Cl)cc(Cl)c1. The van der Waals surface area contributed by atoms with Gasteiger partial charge in [-0.2, -0.15) is 0 Å². The molecule has 0 N–H and O–H groups in total. The molecule has 1 unspecified atom stereocenters. The van der Waals surface area contributed by atoms with E-state index in [1.54, 1.807) is 37.5 Å². The molecule has 1 aromatic carbocycles. The molecule has 2 rings (SSSR count). The van der Waals surface area contributed by atoms with Gasteiger partial charge in [-0.3, -0.25) is 9.78 Å². The van der Waals surface area contributed by atoms with Crippen molar-refractivity contribution >= 4 is 40.0 Å². The number of carbonyl (C=O) groups excluding carboxylic acids is 1. The fraction of sp³-hybridized carbons (Fsp3) is 0.200. The van der Waals surface area contributed by atoms with E-state index < -0.39 is 10.7 Å². The maximum Gasteiger partial charge on any atom is 0.232 e. The lowest BCUT2D eigenvalue weighted by molar-refractivity contribution is -0.116. The lowest BCUT2D eigenvalue weighted by Gasteiger charge is -2.26. The third-order valence-electron chi connectivity index (χ3n) is 3.24. The molecular weight excluding hydrogens is 317 g/mol. The highest BCUT2D eigenvalue weighted by molar-refractivity contribution is 6.65. The Morgan fingerprint density at radius 2 is 1.70 bits per heavy atom. The van der Waals surface area contributed by atoms with E-state index in [-0.39, 0.29) is 0 Å². The van der Waals surface area contributed by atoms with Gasteiger partial charge in [0.1, 0.15) is 0 Å². The van der Waals surface area contributed by atoms with Crippen molar-refractivity contribution in [3.05, 3.63) is 63.9 Å². The van der Waals surface area contributed by atoms with Crippen LogP contribution in [-0.2, 0) is 16.6 Å². The van der Waals surface area contributed by atoms with Crippen molar-refractivity contribution < 1.29 is 4.79 Å². The molecule has 0 aliphatic rings. The first-order chi connectivity index (χ1) is 9.41. The zero-order valence-electron chi connectivity index (χ0n) is 10.7. The van der Waals surface area contributed by atoms with Gasteiger partial charge in [-0.15, -0.1) is 0 Å². The first-order valence-corrected chi connectivity index (χ1v) is 7.10. The standard InChI is InChI=1S/C15H12Cl3NO/c1-15(14(18)20,9-10-2-4-19-5-3-10)11-6-12(16)8-13(17)7-11/h2-8H,9H2,1H3. The summed E-state index contributed by atoms with van der Waals surface area (Å²) in [5.74, 6) is 0. The van der Waals surface area contributed by atoms with Crippen LogP contribution in [0.3, 0.4) is 0 Å². The van der Waals surface area contributed by atoms with Gasteiger partial charge in [-0.1, -0.05) is 23.2 Å². The Bertz CT molecular complexity index is 610. The molecule has 0 spiro atoms. The van der Waals surface area contributed by atoms with E-state index >= 15 is 0 Å². The fourth-order valence-electron chi connectivity index (χ4n) is 2.07. The molecule has 0 saturated carbocycles. The summed E-state index contributed by atoms with van der Waals surface area (Å²) in [5.41, 5.74) is 0.775. The van der Waals surface area contributed by atoms with Crippen molar-refractivity contribution in [2.45, 2.75) is 18.8 Å². The van der Waals surface area contributed by atoms with Gasteiger partial charge in [-0.25, -0.2) is 0 Å². The average Bonchev–Trinajstić information content (AvgIpc) is 2.38. The summed E-state index contributed by atoms with van der Waals surface area (Å²) in [6.07, 6.45) is 3.81. The van der Waals surface area contributed by atoms with Crippen LogP contribution in [0.1, 0.15) is 18.1 Å². The molecule has 0 amide bonds. The molecule has 0 bridgehead atoms. The first kappa shape index (κ1) is 15.3. The minimum atomic E-state index is -0.891. The molecule has 0 saturated heterocycles. The number of nitrogens with zero attached hydrogens (tertiary/aromatic N) is 1. The van der Waals surface area contributed by atoms with Gasteiger partial charge in [-0.05, 0) is 66.4 Å². The Balaban J connectivity index is 2.46. The Kier molecular flexibility index (Phi) is 4.69. The largest absolute Gasteiger partial charge is 0.280 e. The van der Waals surface area contributed by atoms with Crippen LogP contribution in [0.2, 0.25) is 10.0 Å². The van der Waals surface area contributed by atoms with Crippen molar-refractivity contribution in [1.82, 2.24) is 4.98 Å². The zero-order chi connectivity index (χ0) is 14.8. The number of benzene rings is 1. The second-order valence-electron chi connectivity index (χ2n) is 4.80. The molecule has 2 aromatic rings. The minimum absolute atomic E-state index is 0.451. The molecule has 1 aromatic heterocycles. The second-order valence-corrected chi connectivity index (χ2v) is 6.01. The normalized spacial score (nSPS) is 13.8. The van der Waals surface area contributed by atoms with Crippen LogP contribution >= 0.6 is 34.8 Å². The number of halogens is 3. The van der Waals surface area contributed by atoms with Crippen LogP contribution in [0.5, 0.6) is 0 Å². The van der Waals surface area contributed by atoms with Crippen LogP contribution in [-0.4, -0.2) is 10.2 Å². The van der Waals surface area contributed by atoms with Gasteiger partial charge in [0.05, 0.1) is 5.41 Å². The van der Waals surface area contributed by atoms with E-state index in [1.807, 2.05) is 12.1 Å². The highest BCUT2D eigenvalue weighted by atomic mass is 35.5. The molecule has 0 aliphatic carbocycles. The third kappa shape index (κ3) is 3.32. The minimum Gasteiger partial charge on any atom is -0.280 e. The van der Waals surface area contributed by atoms with Gasteiger partial charge in [0.15, 0.2) is 0 Å². The van der Waals surface area contributed by atoms with Crippen LogP contribution in [0.15, 0.2) is 42.7 Å². The molecule has 5 heteroatoms. The van der Waals surface area contributed by atoms with E-state index in [1.165, 1.54) is 0 Å². The summed E-state index contributed by atoms with van der Waals surface area (Å²) in [6.45, 7) is 1.78. The van der Waals surface area contributed by atoms with E-state index in [0.717, 1.165) is 5.56 Å². The molecule has 20 heavy (non-hydrogen) atoms. The van der Waals surface area contributed by atoms with Gasteiger partial charge in [0.25, 0.3) is 0 Å². The molecular formula is C15H12Cl3NO. The zero-order valence-corrected chi connectivity index (χ0v) is 13.0. The van der Waals surface area contributed by atoms with Crippen LogP contribution in [0, 0.1) is 0 Å². The lowest BCUT2D eigenvalue weighted by Crippen LogP contribution is -2.32. The topological polar surface area (TPSA) is 30.0 Å². The lowest BCUT2D eigenvalue weighted by atomic mass is 9.78.